The molecule has 1 saturated carbocycles. The molecule has 1 aliphatic carbocycles. The Morgan fingerprint density at radius 2 is 0.736 bits per heavy atom. The molecule has 0 radical (unpaired) electrons. The number of amides is 2. The van der Waals surface area contributed by atoms with Crippen molar-refractivity contribution in [2.75, 3.05) is 97.7 Å². The minimum Gasteiger partial charge on any atom is -0.493 e. The highest BCUT2D eigenvalue weighted by Gasteiger charge is 2.56. The van der Waals surface area contributed by atoms with Crippen molar-refractivity contribution in [1.82, 2.24) is 19.9 Å². The number of fused-ring (bicyclic) bond motifs is 12. The SMILES string of the molecule is COc1cc2nccc(Cl)c2c2c1OCCO2.COc1cc2nccc(Oc3ccc(N)cc3)c2c2c1OCCO2.COc1cc2nccc(Oc3ccc(NC(=O)C4(C(=O)Nc5ccc(F)cc5)CC4)cc3)c2c2c1OCCO2.COc1cc2nccc(Oc3ccc([N+](=O)[O-])cc3)c2c2c1OCCO2. The summed E-state index contributed by atoms with van der Waals surface area (Å²) in [6.45, 7) is 3.58. The molecule has 0 unspecified atom stereocenters. The number of nitro benzene ring substituents is 1. The molecule has 27 nitrogen and oxygen atoms in total. The first kappa shape index (κ1) is 69.8. The third-order valence-corrected chi connectivity index (χ3v) is 17.4. The van der Waals surface area contributed by atoms with E-state index in [9.17, 15) is 24.1 Å². The fourth-order valence-corrected chi connectivity index (χ4v) is 12.1. The summed E-state index contributed by atoms with van der Waals surface area (Å²) in [6, 6.07) is 39.4. The summed E-state index contributed by atoms with van der Waals surface area (Å²) < 4.78 is 98.7. The van der Waals surface area contributed by atoms with Crippen LogP contribution in [-0.4, -0.2) is 118 Å². The number of benzene rings is 8. The van der Waals surface area contributed by atoms with Crippen molar-refractivity contribution in [3.05, 3.63) is 191 Å². The fraction of sp³-hybridized carbons (Fsp3) is 0.195. The predicted molar refractivity (Wildman–Crippen MR) is 388 cm³/mol. The van der Waals surface area contributed by atoms with Crippen LogP contribution < -0.4 is 87.4 Å². The molecule has 8 aromatic carbocycles. The smallest absolute Gasteiger partial charge is 0.269 e. The van der Waals surface area contributed by atoms with Gasteiger partial charge >= 0.3 is 0 Å². The number of aromatic nitrogens is 4. The molecular formula is C77H64ClFN8O19. The molecule has 0 saturated heterocycles. The highest BCUT2D eigenvalue weighted by atomic mass is 35.5. The zero-order valence-electron chi connectivity index (χ0n) is 57.1. The van der Waals surface area contributed by atoms with Crippen molar-refractivity contribution in [3.8, 4) is 103 Å². The van der Waals surface area contributed by atoms with Gasteiger partial charge in [0.15, 0.2) is 46.0 Å². The molecule has 8 heterocycles. The van der Waals surface area contributed by atoms with Gasteiger partial charge in [0.05, 0.1) is 82.0 Å². The number of anilines is 3. The van der Waals surface area contributed by atoms with Crippen molar-refractivity contribution in [1.29, 1.82) is 0 Å². The lowest BCUT2D eigenvalue weighted by Crippen LogP contribution is -2.35. The summed E-state index contributed by atoms with van der Waals surface area (Å²) in [5, 5.41) is 19.7. The maximum Gasteiger partial charge on any atom is 0.269 e. The highest BCUT2D eigenvalue weighted by Crippen LogP contribution is 2.53. The van der Waals surface area contributed by atoms with E-state index in [-0.39, 0.29) is 5.69 Å². The van der Waals surface area contributed by atoms with E-state index in [1.165, 1.54) is 48.5 Å². The number of halogens is 2. The van der Waals surface area contributed by atoms with Crippen molar-refractivity contribution >= 4 is 89.8 Å². The van der Waals surface area contributed by atoms with Crippen molar-refractivity contribution in [2.24, 2.45) is 5.41 Å². The number of pyridine rings is 4. The molecule has 2 amide bonds. The van der Waals surface area contributed by atoms with Crippen LogP contribution in [0.3, 0.4) is 0 Å². The zero-order chi connectivity index (χ0) is 73.4. The van der Waals surface area contributed by atoms with Crippen molar-refractivity contribution in [3.63, 3.8) is 0 Å². The van der Waals surface area contributed by atoms with Crippen LogP contribution in [0.4, 0.5) is 27.1 Å². The number of methoxy groups -OCH3 is 4. The summed E-state index contributed by atoms with van der Waals surface area (Å²) in [7, 11) is 6.29. The molecular weight excluding hydrogens is 1400 g/mol. The fourth-order valence-electron chi connectivity index (χ4n) is 11.8. The molecule has 29 heteroatoms. The van der Waals surface area contributed by atoms with Gasteiger partial charge in [0.25, 0.3) is 5.69 Å². The Kier molecular flexibility index (Phi) is 20.3. The van der Waals surface area contributed by atoms with Crippen LogP contribution >= 0.6 is 11.6 Å². The largest absolute Gasteiger partial charge is 0.493 e. The van der Waals surface area contributed by atoms with Gasteiger partial charge in [-0.3, -0.25) is 39.6 Å². The van der Waals surface area contributed by atoms with Crippen molar-refractivity contribution < 1.29 is 90.0 Å². The second-order valence-electron chi connectivity index (χ2n) is 23.7. The van der Waals surface area contributed by atoms with E-state index >= 15 is 0 Å². The Hall–Kier alpha value is -13.2. The Labute approximate surface area is 607 Å². The number of rotatable bonds is 15. The maximum atomic E-state index is 13.2. The van der Waals surface area contributed by atoms with Gasteiger partial charge in [0, 0.05) is 78.2 Å². The van der Waals surface area contributed by atoms with Crippen LogP contribution in [0.15, 0.2) is 170 Å². The highest BCUT2D eigenvalue weighted by molar-refractivity contribution is 6.36. The maximum absolute atomic E-state index is 13.2. The Bertz CT molecular complexity index is 5310. The molecule has 106 heavy (non-hydrogen) atoms. The first-order valence-corrected chi connectivity index (χ1v) is 33.4. The first-order valence-electron chi connectivity index (χ1n) is 33.0. The lowest BCUT2D eigenvalue weighted by molar-refractivity contribution is -0.384. The minimum absolute atomic E-state index is 0.00390. The molecule has 12 aromatic rings. The van der Waals surface area contributed by atoms with E-state index < -0.39 is 28.0 Å². The van der Waals surface area contributed by atoms with Crippen LogP contribution in [0.5, 0.6) is 103 Å². The predicted octanol–water partition coefficient (Wildman–Crippen LogP) is 15.1. The number of carbonyl (C=O) groups is 2. The number of hydrogen-bond donors (Lipinski definition) is 3. The monoisotopic (exact) mass is 1460 g/mol. The number of nitro groups is 1. The molecule has 1 fully saturated rings. The van der Waals surface area contributed by atoms with Gasteiger partial charge in [-0.1, -0.05) is 11.6 Å². The summed E-state index contributed by atoms with van der Waals surface area (Å²) >= 11 is 6.17. The number of nitrogens with zero attached hydrogens (tertiary/aromatic N) is 5. The van der Waals surface area contributed by atoms with Gasteiger partial charge in [-0.05, 0) is 122 Å². The molecule has 17 rings (SSSR count). The number of nitrogens with one attached hydrogen (secondary N) is 2. The molecule has 0 spiro atoms. The number of nitrogen functional groups attached to an aromatic ring is 1. The van der Waals surface area contributed by atoms with E-state index in [2.05, 4.69) is 30.6 Å². The van der Waals surface area contributed by atoms with Crippen molar-refractivity contribution in [2.45, 2.75) is 12.8 Å². The molecule has 5 aliphatic rings. The summed E-state index contributed by atoms with van der Waals surface area (Å²) in [5.74, 6) is 8.80. The lowest BCUT2D eigenvalue weighted by Gasteiger charge is -2.23. The van der Waals surface area contributed by atoms with Crippen LogP contribution in [0.25, 0.3) is 43.6 Å². The number of ether oxygens (including phenoxy) is 15. The quantitative estimate of drug-likeness (QED) is 0.0371. The molecule has 0 atom stereocenters. The third-order valence-electron chi connectivity index (χ3n) is 17.1. The second-order valence-corrected chi connectivity index (χ2v) is 24.1. The van der Waals surface area contributed by atoms with Gasteiger partial charge in [-0.2, -0.15) is 0 Å². The molecule has 4 aromatic heterocycles. The molecule has 4 aliphatic heterocycles. The van der Waals surface area contributed by atoms with Crippen LogP contribution in [0.1, 0.15) is 12.8 Å². The van der Waals surface area contributed by atoms with E-state index in [1.807, 2.05) is 18.2 Å². The average Bonchev–Trinajstić information content (AvgIpc) is 1.63. The second kappa shape index (κ2) is 30.8. The van der Waals surface area contributed by atoms with E-state index in [4.69, 9.17) is 88.4 Å². The third kappa shape index (κ3) is 14.6. The van der Waals surface area contributed by atoms with Crippen LogP contribution in [0, 0.1) is 21.3 Å². The number of nitrogens with two attached hydrogens (primary N) is 1. The van der Waals surface area contributed by atoms with E-state index in [1.54, 1.807) is 132 Å². The van der Waals surface area contributed by atoms with Gasteiger partial charge in [-0.25, -0.2) is 4.39 Å². The van der Waals surface area contributed by atoms with Gasteiger partial charge in [0.2, 0.25) is 34.8 Å². The summed E-state index contributed by atoms with van der Waals surface area (Å²) in [5.41, 5.74) is 8.90. The standard InChI is InChI=1S/C29H24FN3O6.C18H14N2O6.C18H16N2O4.C12H10ClNO3/c1-36-23-16-21-24(26-25(23)37-14-15-38-26)22(10-13-31-21)39-20-8-6-19(7-9-20)33-28(35)29(11-12-29)27(34)32-18-4-2-17(30)3-5-18;1-23-15-10-13-16(18-17(15)24-8-9-25-18)14(6-7-19-13)26-12-4-2-11(3-5-12)20(21)22;1-21-15-10-13-16(18-17(15)22-8-9-23-18)14(6-7-20-13)24-12-4-2-11(19)3-5-12;1-15-9-6-8-10(7(13)2-3-14-8)12-11(9)16-4-5-17-12/h2-10,13,16H,11-12,14-15H2,1H3,(H,32,34)(H,33,35);2-7,10H,8-9H2,1H3;2-7,10H,8-9,19H2,1H3;2-3,6H,4-5H2,1H3. The Balaban J connectivity index is 0.000000124. The Morgan fingerprint density at radius 3 is 1.08 bits per heavy atom. The summed E-state index contributed by atoms with van der Waals surface area (Å²) in [4.78, 5) is 53.5. The summed E-state index contributed by atoms with van der Waals surface area (Å²) in [6.07, 6.45) is 7.45. The Morgan fingerprint density at radius 1 is 0.434 bits per heavy atom. The van der Waals surface area contributed by atoms with Gasteiger partial charge in [-0.15, -0.1) is 0 Å². The average molecular weight is 1460 g/mol. The molecule has 0 bridgehead atoms. The van der Waals surface area contributed by atoms with Gasteiger partial charge < -0.3 is 87.4 Å². The zero-order valence-corrected chi connectivity index (χ0v) is 57.8. The number of hydrogen-bond acceptors (Lipinski definition) is 24. The van der Waals surface area contributed by atoms with E-state index in [0.717, 1.165) is 16.3 Å². The van der Waals surface area contributed by atoms with Crippen LogP contribution in [-0.2, 0) is 9.59 Å². The molecule has 4 N–H and O–H groups in total. The lowest BCUT2D eigenvalue weighted by atomic mass is 10.0. The first-order chi connectivity index (χ1) is 51.7. The normalized spacial score (nSPS) is 13.7. The van der Waals surface area contributed by atoms with Crippen LogP contribution in [0.2, 0.25) is 5.02 Å². The number of non-ortho nitro benzene ring substituents is 1. The van der Waals surface area contributed by atoms with Gasteiger partial charge in [0.1, 0.15) is 98.6 Å². The molecule has 540 valence electrons. The number of carbonyl (C=O) groups excluding carboxylic acids is 2. The topological polar surface area (TPSA) is 317 Å². The minimum atomic E-state index is -1.15. The van der Waals surface area contributed by atoms with E-state index in [0.29, 0.717) is 219 Å².